The Morgan fingerprint density at radius 2 is 1.76 bits per heavy atom. The van der Waals surface area contributed by atoms with E-state index in [2.05, 4.69) is 15.0 Å². The molecule has 11 heteroatoms. The van der Waals surface area contributed by atoms with Gasteiger partial charge in [-0.1, -0.05) is 24.3 Å². The third kappa shape index (κ3) is 6.61. The number of hydrogen-bond donors (Lipinski definition) is 1. The highest BCUT2D eigenvalue weighted by Crippen LogP contribution is 2.40. The first kappa shape index (κ1) is 28.0. The van der Waals surface area contributed by atoms with Crippen molar-refractivity contribution >= 4 is 35.0 Å². The van der Waals surface area contributed by atoms with Gasteiger partial charge < -0.3 is 19.5 Å². The maximum Gasteiger partial charge on any atom is 0.336 e. The number of ether oxygens (including phenoxy) is 3. The Kier molecular flexibility index (Phi) is 9.31. The van der Waals surface area contributed by atoms with E-state index in [1.54, 1.807) is 32.0 Å². The summed E-state index contributed by atoms with van der Waals surface area (Å²) in [5, 5.41) is 14.3. The number of nitro groups is 1. The number of allylic oxidation sites excluding steroid dienone is 1. The molecule has 200 valence electrons. The van der Waals surface area contributed by atoms with E-state index in [9.17, 15) is 24.5 Å². The van der Waals surface area contributed by atoms with Crippen LogP contribution in [-0.2, 0) is 35.0 Å². The van der Waals surface area contributed by atoms with E-state index < -0.39 is 28.7 Å². The predicted octanol–water partition coefficient (Wildman–Crippen LogP) is 3.59. The van der Waals surface area contributed by atoms with Crippen molar-refractivity contribution in [3.05, 3.63) is 81.0 Å². The summed E-state index contributed by atoms with van der Waals surface area (Å²) in [6, 6.07) is 13.1. The second-order valence-electron chi connectivity index (χ2n) is 8.60. The third-order valence-electron chi connectivity index (χ3n) is 6.19. The summed E-state index contributed by atoms with van der Waals surface area (Å²) in [6.07, 6.45) is 0.416. The lowest BCUT2D eigenvalue weighted by atomic mass is 9.75. The van der Waals surface area contributed by atoms with Crippen molar-refractivity contribution in [1.82, 2.24) is 0 Å². The van der Waals surface area contributed by atoms with Gasteiger partial charge in [-0.15, -0.1) is 0 Å². The van der Waals surface area contributed by atoms with Crippen molar-refractivity contribution in [2.24, 2.45) is 10.9 Å². The maximum absolute atomic E-state index is 13.3. The van der Waals surface area contributed by atoms with Crippen LogP contribution < -0.4 is 5.32 Å². The van der Waals surface area contributed by atoms with Crippen LogP contribution in [0.25, 0.3) is 0 Å². The standard InChI is InChI=1S/C27H29N3O8/c1-16-23(26(32)37-4)25(19-6-5-7-21(14-19)30(34)35)24(17(2)29-16)27(33)38-13-12-18-8-10-20(11-9-18)28-15-22(31)36-3/h5-11,14,23,25,28H,12-13,15H2,1-4H3. The van der Waals surface area contributed by atoms with Gasteiger partial charge in [-0.2, -0.15) is 0 Å². The van der Waals surface area contributed by atoms with Gasteiger partial charge in [0.2, 0.25) is 0 Å². The van der Waals surface area contributed by atoms with Gasteiger partial charge in [-0.05, 0) is 37.1 Å². The zero-order valence-electron chi connectivity index (χ0n) is 21.6. The first-order valence-corrected chi connectivity index (χ1v) is 11.8. The highest BCUT2D eigenvalue weighted by atomic mass is 16.6. The number of aliphatic imine (C=N–C) groups is 1. The van der Waals surface area contributed by atoms with Crippen LogP contribution in [0.1, 0.15) is 30.9 Å². The number of nitrogens with one attached hydrogen (secondary N) is 1. The Balaban J connectivity index is 1.79. The van der Waals surface area contributed by atoms with Crippen LogP contribution in [0.5, 0.6) is 0 Å². The molecule has 0 radical (unpaired) electrons. The van der Waals surface area contributed by atoms with Crippen LogP contribution >= 0.6 is 0 Å². The summed E-state index contributed by atoms with van der Waals surface area (Å²) < 4.78 is 15.2. The van der Waals surface area contributed by atoms with Gasteiger partial charge in [0.15, 0.2) is 0 Å². The summed E-state index contributed by atoms with van der Waals surface area (Å²) in [7, 11) is 2.55. The van der Waals surface area contributed by atoms with Crippen molar-refractivity contribution in [2.75, 3.05) is 32.7 Å². The molecule has 1 heterocycles. The normalized spacial score (nSPS) is 16.8. The van der Waals surface area contributed by atoms with E-state index in [-0.39, 0.29) is 30.4 Å². The number of benzene rings is 2. The molecule has 0 saturated carbocycles. The second kappa shape index (κ2) is 12.6. The van der Waals surface area contributed by atoms with Gasteiger partial charge in [0.05, 0.1) is 31.3 Å². The van der Waals surface area contributed by atoms with E-state index in [4.69, 9.17) is 9.47 Å². The van der Waals surface area contributed by atoms with Gasteiger partial charge in [-0.25, -0.2) is 4.79 Å². The predicted molar refractivity (Wildman–Crippen MR) is 139 cm³/mol. The number of methoxy groups -OCH3 is 2. The van der Waals surface area contributed by atoms with Crippen molar-refractivity contribution < 1.29 is 33.5 Å². The number of hydrogen-bond acceptors (Lipinski definition) is 10. The number of rotatable bonds is 10. The molecule has 2 atom stereocenters. The van der Waals surface area contributed by atoms with Crippen LogP contribution in [0.3, 0.4) is 0 Å². The largest absolute Gasteiger partial charge is 0.468 e. The summed E-state index contributed by atoms with van der Waals surface area (Å²) >= 11 is 0. The molecule has 0 aromatic heterocycles. The maximum atomic E-state index is 13.3. The average Bonchev–Trinajstić information content (AvgIpc) is 2.91. The third-order valence-corrected chi connectivity index (χ3v) is 6.19. The molecule has 2 aromatic rings. The van der Waals surface area contributed by atoms with Crippen LogP contribution in [0.2, 0.25) is 0 Å². The number of nitrogens with zero attached hydrogens (tertiary/aromatic N) is 2. The van der Waals surface area contributed by atoms with E-state index in [0.29, 0.717) is 23.4 Å². The first-order valence-electron chi connectivity index (χ1n) is 11.8. The summed E-state index contributed by atoms with van der Waals surface area (Å²) in [5.41, 5.74) is 2.82. The number of carbonyl (C=O) groups is 3. The first-order chi connectivity index (χ1) is 18.2. The Hall–Kier alpha value is -4.54. The summed E-state index contributed by atoms with van der Waals surface area (Å²) in [4.78, 5) is 52.6. The minimum atomic E-state index is -0.946. The van der Waals surface area contributed by atoms with Crippen LogP contribution in [-0.4, -0.2) is 55.9 Å². The molecule has 2 unspecified atom stereocenters. The number of esters is 3. The minimum Gasteiger partial charge on any atom is -0.468 e. The number of nitro benzene ring substituents is 1. The van der Waals surface area contributed by atoms with E-state index in [0.717, 1.165) is 11.3 Å². The number of anilines is 1. The molecule has 2 aromatic carbocycles. The van der Waals surface area contributed by atoms with Crippen LogP contribution in [0.15, 0.2) is 64.8 Å². The van der Waals surface area contributed by atoms with E-state index >= 15 is 0 Å². The van der Waals surface area contributed by atoms with Gasteiger partial charge >= 0.3 is 17.9 Å². The molecule has 38 heavy (non-hydrogen) atoms. The zero-order valence-corrected chi connectivity index (χ0v) is 21.6. The highest BCUT2D eigenvalue weighted by Gasteiger charge is 2.42. The van der Waals surface area contributed by atoms with Crippen molar-refractivity contribution in [3.63, 3.8) is 0 Å². The molecule has 0 aliphatic carbocycles. The van der Waals surface area contributed by atoms with Gasteiger partial charge in [0.1, 0.15) is 12.5 Å². The topological polar surface area (TPSA) is 146 Å². The molecule has 1 N–H and O–H groups in total. The lowest BCUT2D eigenvalue weighted by Crippen LogP contribution is -2.36. The molecule has 11 nitrogen and oxygen atoms in total. The summed E-state index contributed by atoms with van der Waals surface area (Å²) in [6.45, 7) is 3.39. The number of non-ortho nitro benzene ring substituents is 1. The van der Waals surface area contributed by atoms with Crippen molar-refractivity contribution in [1.29, 1.82) is 0 Å². The highest BCUT2D eigenvalue weighted by molar-refractivity contribution is 6.07. The fraction of sp³-hybridized carbons (Fsp3) is 0.333. The van der Waals surface area contributed by atoms with E-state index in [1.165, 1.54) is 32.4 Å². The fourth-order valence-corrected chi connectivity index (χ4v) is 4.30. The van der Waals surface area contributed by atoms with E-state index in [1.807, 2.05) is 12.1 Å². The lowest BCUT2D eigenvalue weighted by Gasteiger charge is -2.31. The zero-order chi connectivity index (χ0) is 27.8. The molecule has 0 spiro atoms. The lowest BCUT2D eigenvalue weighted by molar-refractivity contribution is -0.384. The minimum absolute atomic E-state index is 0.0438. The molecule has 3 rings (SSSR count). The van der Waals surface area contributed by atoms with Gasteiger partial charge in [-0.3, -0.25) is 24.7 Å². The Labute approximate surface area is 219 Å². The van der Waals surface area contributed by atoms with Crippen LogP contribution in [0, 0.1) is 16.0 Å². The van der Waals surface area contributed by atoms with Gasteiger partial charge in [0, 0.05) is 41.6 Å². The average molecular weight is 524 g/mol. The molecular formula is C27H29N3O8. The molecule has 0 fully saturated rings. The monoisotopic (exact) mass is 523 g/mol. The molecular weight excluding hydrogens is 494 g/mol. The fourth-order valence-electron chi connectivity index (χ4n) is 4.30. The van der Waals surface area contributed by atoms with Crippen molar-refractivity contribution in [2.45, 2.75) is 26.2 Å². The molecule has 0 amide bonds. The smallest absolute Gasteiger partial charge is 0.336 e. The SMILES string of the molecule is COC(=O)CNc1ccc(CCOC(=O)C2=C(C)N=C(C)C(C(=O)OC)C2c2cccc([N+](=O)[O-])c2)cc1. The Bertz CT molecular complexity index is 1280. The van der Waals surface area contributed by atoms with Crippen molar-refractivity contribution in [3.8, 4) is 0 Å². The quantitative estimate of drug-likeness (QED) is 0.214. The summed E-state index contributed by atoms with van der Waals surface area (Å²) in [5.74, 6) is -3.47. The number of carbonyl (C=O) groups excluding carboxylic acids is 3. The van der Waals surface area contributed by atoms with Crippen LogP contribution in [0.4, 0.5) is 11.4 Å². The Morgan fingerprint density at radius 1 is 1.05 bits per heavy atom. The molecule has 0 saturated heterocycles. The molecule has 1 aliphatic heterocycles. The Morgan fingerprint density at radius 3 is 2.39 bits per heavy atom. The molecule has 0 bridgehead atoms. The second-order valence-corrected chi connectivity index (χ2v) is 8.60. The molecule has 1 aliphatic rings. The van der Waals surface area contributed by atoms with Gasteiger partial charge in [0.25, 0.3) is 5.69 Å².